The average Bonchev–Trinajstić information content (AvgIpc) is 2.79. The minimum absolute atomic E-state index is 0.0222. The molecule has 8 nitrogen and oxygen atoms in total. The molecular formula is C26H35Cl2N3O5S. The summed E-state index contributed by atoms with van der Waals surface area (Å²) in [5.41, 5.74) is 0.603. The van der Waals surface area contributed by atoms with Crippen molar-refractivity contribution in [2.75, 3.05) is 24.2 Å². The van der Waals surface area contributed by atoms with Gasteiger partial charge in [-0.25, -0.2) is 8.42 Å². The summed E-state index contributed by atoms with van der Waals surface area (Å²) in [5, 5.41) is 3.75. The Hall–Kier alpha value is -2.49. The molecule has 0 unspecified atom stereocenters. The number of benzene rings is 2. The lowest BCUT2D eigenvalue weighted by atomic mass is 10.1. The number of hydrogen-bond donors (Lipinski definition) is 1. The van der Waals surface area contributed by atoms with Crippen molar-refractivity contribution in [2.24, 2.45) is 0 Å². The topological polar surface area (TPSA) is 96.0 Å². The van der Waals surface area contributed by atoms with Gasteiger partial charge >= 0.3 is 0 Å². The number of hydrogen-bond acceptors (Lipinski definition) is 5. The van der Waals surface area contributed by atoms with Gasteiger partial charge in [0.15, 0.2) is 0 Å². The summed E-state index contributed by atoms with van der Waals surface area (Å²) in [6.07, 6.45) is 1.37. The Kier molecular flexibility index (Phi) is 10.7. The smallest absolute Gasteiger partial charge is 0.242 e. The Morgan fingerprint density at radius 3 is 2.35 bits per heavy atom. The SMILES string of the molecule is COc1cccc(N(CCCC(=O)N(Cc2ccc(Cl)cc2Cl)[C@H](C)C(=O)NC(C)(C)C)S(C)(=O)=O)c1. The molecule has 0 bridgehead atoms. The molecule has 0 fully saturated rings. The van der Waals surface area contributed by atoms with E-state index in [9.17, 15) is 18.0 Å². The Labute approximate surface area is 229 Å². The molecule has 0 aliphatic rings. The van der Waals surface area contributed by atoms with Gasteiger partial charge in [-0.3, -0.25) is 13.9 Å². The summed E-state index contributed by atoms with van der Waals surface area (Å²) < 4.78 is 31.4. The molecule has 0 heterocycles. The maximum atomic E-state index is 13.4. The number of halogens is 2. The van der Waals surface area contributed by atoms with Crippen LogP contribution in [0.4, 0.5) is 5.69 Å². The van der Waals surface area contributed by atoms with Gasteiger partial charge in [-0.1, -0.05) is 35.3 Å². The van der Waals surface area contributed by atoms with Gasteiger partial charge in [-0.05, 0) is 63.9 Å². The van der Waals surface area contributed by atoms with E-state index in [4.69, 9.17) is 27.9 Å². The van der Waals surface area contributed by atoms with Crippen molar-refractivity contribution in [1.82, 2.24) is 10.2 Å². The van der Waals surface area contributed by atoms with E-state index in [1.165, 1.54) is 16.3 Å². The molecule has 2 amide bonds. The molecule has 0 radical (unpaired) electrons. The van der Waals surface area contributed by atoms with Crippen molar-refractivity contribution >= 4 is 50.7 Å². The van der Waals surface area contributed by atoms with Crippen LogP contribution in [0.15, 0.2) is 42.5 Å². The van der Waals surface area contributed by atoms with Crippen LogP contribution in [-0.2, 0) is 26.2 Å². The fourth-order valence-electron chi connectivity index (χ4n) is 3.66. The zero-order valence-electron chi connectivity index (χ0n) is 22.0. The molecule has 1 N–H and O–H groups in total. The van der Waals surface area contributed by atoms with Crippen molar-refractivity contribution < 1.29 is 22.7 Å². The van der Waals surface area contributed by atoms with E-state index in [-0.39, 0.29) is 37.7 Å². The first kappa shape index (κ1) is 30.7. The first-order chi connectivity index (χ1) is 17.1. The van der Waals surface area contributed by atoms with Crippen LogP contribution in [0, 0.1) is 0 Å². The third-order valence-corrected chi connectivity index (χ3v) is 7.30. The molecule has 0 saturated carbocycles. The van der Waals surface area contributed by atoms with Gasteiger partial charge < -0.3 is 15.0 Å². The van der Waals surface area contributed by atoms with Crippen LogP contribution in [-0.4, -0.2) is 56.6 Å². The number of anilines is 1. The highest BCUT2D eigenvalue weighted by Gasteiger charge is 2.29. The van der Waals surface area contributed by atoms with E-state index in [1.54, 1.807) is 49.4 Å². The van der Waals surface area contributed by atoms with E-state index in [1.807, 2.05) is 20.8 Å². The number of methoxy groups -OCH3 is 1. The highest BCUT2D eigenvalue weighted by Crippen LogP contribution is 2.25. The van der Waals surface area contributed by atoms with Crippen molar-refractivity contribution in [3.63, 3.8) is 0 Å². The third-order valence-electron chi connectivity index (χ3n) is 5.51. The van der Waals surface area contributed by atoms with Crippen molar-refractivity contribution in [1.29, 1.82) is 0 Å². The molecule has 0 spiro atoms. The van der Waals surface area contributed by atoms with E-state index >= 15 is 0 Å². The number of carbonyl (C=O) groups is 2. The van der Waals surface area contributed by atoms with E-state index in [0.717, 1.165) is 6.26 Å². The fraction of sp³-hybridized carbons (Fsp3) is 0.462. The maximum absolute atomic E-state index is 13.4. The summed E-state index contributed by atoms with van der Waals surface area (Å²) in [6.45, 7) is 7.41. The summed E-state index contributed by atoms with van der Waals surface area (Å²) >= 11 is 12.4. The molecule has 0 aliphatic carbocycles. The molecule has 2 aromatic carbocycles. The minimum atomic E-state index is -3.61. The van der Waals surface area contributed by atoms with Gasteiger partial charge in [0, 0.05) is 41.2 Å². The Bertz CT molecular complexity index is 1210. The lowest BCUT2D eigenvalue weighted by Crippen LogP contribution is -2.52. The molecule has 1 atom stereocenters. The number of amides is 2. The number of sulfonamides is 1. The number of rotatable bonds is 11. The zero-order chi connectivity index (χ0) is 28.0. The highest BCUT2D eigenvalue weighted by molar-refractivity contribution is 7.92. The second-order valence-corrected chi connectivity index (χ2v) is 12.6. The number of ether oxygens (including phenoxy) is 1. The number of carbonyl (C=O) groups excluding carboxylic acids is 2. The van der Waals surface area contributed by atoms with Gasteiger partial charge in [-0.15, -0.1) is 0 Å². The van der Waals surface area contributed by atoms with Crippen LogP contribution >= 0.6 is 23.2 Å². The van der Waals surface area contributed by atoms with Crippen LogP contribution < -0.4 is 14.4 Å². The molecule has 2 aromatic rings. The Morgan fingerprint density at radius 2 is 1.78 bits per heavy atom. The zero-order valence-corrected chi connectivity index (χ0v) is 24.4. The summed E-state index contributed by atoms with van der Waals surface area (Å²) in [6, 6.07) is 10.9. The van der Waals surface area contributed by atoms with Crippen molar-refractivity contribution in [3.8, 4) is 5.75 Å². The molecular weight excluding hydrogens is 537 g/mol. The Balaban J connectivity index is 2.24. The second kappa shape index (κ2) is 12.8. The normalized spacial score (nSPS) is 12.5. The summed E-state index contributed by atoms with van der Waals surface area (Å²) in [4.78, 5) is 27.8. The van der Waals surface area contributed by atoms with Crippen molar-refractivity contribution in [3.05, 3.63) is 58.1 Å². The number of nitrogens with zero attached hydrogens (tertiary/aromatic N) is 2. The third kappa shape index (κ3) is 9.39. The lowest BCUT2D eigenvalue weighted by Gasteiger charge is -2.32. The van der Waals surface area contributed by atoms with Crippen LogP contribution in [0.3, 0.4) is 0 Å². The fourth-order valence-corrected chi connectivity index (χ4v) is 5.09. The molecule has 0 saturated heterocycles. The Morgan fingerprint density at radius 1 is 1.11 bits per heavy atom. The van der Waals surface area contributed by atoms with Gasteiger partial charge in [0.05, 0.1) is 19.1 Å². The van der Waals surface area contributed by atoms with Gasteiger partial charge in [-0.2, -0.15) is 0 Å². The molecule has 0 aromatic heterocycles. The molecule has 0 aliphatic heterocycles. The second-order valence-electron chi connectivity index (χ2n) is 9.81. The first-order valence-electron chi connectivity index (χ1n) is 11.8. The van der Waals surface area contributed by atoms with Crippen molar-refractivity contribution in [2.45, 2.75) is 58.7 Å². The number of nitrogens with one attached hydrogen (secondary N) is 1. The first-order valence-corrected chi connectivity index (χ1v) is 14.4. The monoisotopic (exact) mass is 571 g/mol. The van der Waals surface area contributed by atoms with Crippen LogP contribution in [0.25, 0.3) is 0 Å². The van der Waals surface area contributed by atoms with E-state index in [2.05, 4.69) is 5.32 Å². The van der Waals surface area contributed by atoms with E-state index < -0.39 is 21.6 Å². The van der Waals surface area contributed by atoms with E-state index in [0.29, 0.717) is 27.0 Å². The maximum Gasteiger partial charge on any atom is 0.242 e. The quantitative estimate of drug-likeness (QED) is 0.414. The van der Waals surface area contributed by atoms with Gasteiger partial charge in [0.2, 0.25) is 21.8 Å². The minimum Gasteiger partial charge on any atom is -0.497 e. The van der Waals surface area contributed by atoms with Gasteiger partial charge in [0.1, 0.15) is 11.8 Å². The standard InChI is InChI=1S/C26H35Cl2N3O5S/c1-18(25(33)29-26(2,3)4)30(17-19-12-13-20(27)15-23(19)28)24(32)11-8-14-31(37(6,34)35)21-9-7-10-22(16-21)36-5/h7,9-10,12-13,15-16,18H,8,11,14,17H2,1-6H3,(H,29,33)/t18-/m1/s1. The molecule has 2 rings (SSSR count). The van der Waals surface area contributed by atoms with Gasteiger partial charge in [0.25, 0.3) is 0 Å². The molecule has 37 heavy (non-hydrogen) atoms. The molecule has 11 heteroatoms. The summed E-state index contributed by atoms with van der Waals surface area (Å²) in [5.74, 6) is -0.0892. The predicted molar refractivity (Wildman–Crippen MR) is 149 cm³/mol. The average molecular weight is 573 g/mol. The predicted octanol–water partition coefficient (Wildman–Crippen LogP) is 4.88. The van der Waals surface area contributed by atoms with Crippen LogP contribution in [0.1, 0.15) is 46.1 Å². The molecule has 204 valence electrons. The summed E-state index contributed by atoms with van der Waals surface area (Å²) in [7, 11) is -2.11. The van der Waals surface area contributed by atoms with Crippen LogP contribution in [0.2, 0.25) is 10.0 Å². The van der Waals surface area contributed by atoms with Crippen LogP contribution in [0.5, 0.6) is 5.75 Å². The lowest BCUT2D eigenvalue weighted by molar-refractivity contribution is -0.141. The highest BCUT2D eigenvalue weighted by atomic mass is 35.5. The largest absolute Gasteiger partial charge is 0.497 e.